The summed E-state index contributed by atoms with van der Waals surface area (Å²) in [6.07, 6.45) is 4.94. The van der Waals surface area contributed by atoms with E-state index in [4.69, 9.17) is 14.5 Å². The van der Waals surface area contributed by atoms with Gasteiger partial charge in [-0.25, -0.2) is 4.98 Å². The third kappa shape index (κ3) is 3.11. The van der Waals surface area contributed by atoms with Crippen LogP contribution in [0.3, 0.4) is 0 Å². The zero-order valence-electron chi connectivity index (χ0n) is 14.1. The van der Waals surface area contributed by atoms with E-state index in [1.54, 1.807) is 23.0 Å². The highest BCUT2D eigenvalue weighted by molar-refractivity contribution is 8.00. The number of rotatable bonds is 5. The lowest BCUT2D eigenvalue weighted by molar-refractivity contribution is -0.137. The molecule has 2 aromatic rings. The van der Waals surface area contributed by atoms with Crippen LogP contribution in [0.5, 0.6) is 0 Å². The summed E-state index contributed by atoms with van der Waals surface area (Å²) in [6.45, 7) is 1.31. The zero-order valence-corrected chi connectivity index (χ0v) is 15.7. The molecule has 6 nitrogen and oxygen atoms in total. The minimum absolute atomic E-state index is 0.00434. The molecule has 8 heteroatoms. The lowest BCUT2D eigenvalue weighted by atomic mass is 9.97. The maximum atomic E-state index is 13.2. The minimum atomic E-state index is -0.285. The summed E-state index contributed by atoms with van der Waals surface area (Å²) in [5, 5.41) is 1.08. The van der Waals surface area contributed by atoms with Gasteiger partial charge in [0.25, 0.3) is 5.56 Å². The van der Waals surface area contributed by atoms with Crippen molar-refractivity contribution >= 4 is 39.3 Å². The molecule has 4 rings (SSSR count). The number of aryl methyl sites for hydroxylation is 2. The average molecular weight is 380 g/mol. The molecule has 1 saturated heterocycles. The molecule has 2 aromatic heterocycles. The SMILES string of the molecule is COCCn1c(S[C@H]2CCOC2=O)nc2sc3c(c2c1=O)CCCC3. The van der Waals surface area contributed by atoms with Crippen LogP contribution in [0.15, 0.2) is 9.95 Å². The molecule has 0 amide bonds. The highest BCUT2D eigenvalue weighted by Gasteiger charge is 2.30. The van der Waals surface area contributed by atoms with Gasteiger partial charge in [0.05, 0.1) is 25.1 Å². The Bertz CT molecular complexity index is 874. The van der Waals surface area contributed by atoms with Crippen molar-refractivity contribution in [3.8, 4) is 0 Å². The lowest BCUT2D eigenvalue weighted by Crippen LogP contribution is -2.26. The van der Waals surface area contributed by atoms with Crippen molar-refractivity contribution in [2.45, 2.75) is 49.1 Å². The molecule has 134 valence electrons. The van der Waals surface area contributed by atoms with Crippen LogP contribution in [-0.4, -0.2) is 41.1 Å². The molecule has 1 aliphatic carbocycles. The van der Waals surface area contributed by atoms with E-state index in [-0.39, 0.29) is 16.8 Å². The predicted molar refractivity (Wildman–Crippen MR) is 97.6 cm³/mol. The molecular formula is C17H20N2O4S2. The maximum Gasteiger partial charge on any atom is 0.319 e. The van der Waals surface area contributed by atoms with E-state index >= 15 is 0 Å². The molecule has 3 heterocycles. The van der Waals surface area contributed by atoms with Crippen molar-refractivity contribution < 1.29 is 14.3 Å². The summed E-state index contributed by atoms with van der Waals surface area (Å²) in [7, 11) is 1.62. The van der Waals surface area contributed by atoms with Gasteiger partial charge in [-0.2, -0.15) is 0 Å². The Hall–Kier alpha value is -1.38. The molecule has 0 N–H and O–H groups in total. The quantitative estimate of drug-likeness (QED) is 0.586. The first-order valence-corrected chi connectivity index (χ1v) is 10.3. The highest BCUT2D eigenvalue weighted by atomic mass is 32.2. The fraction of sp³-hybridized carbons (Fsp3) is 0.588. The summed E-state index contributed by atoms with van der Waals surface area (Å²) in [5.41, 5.74) is 1.18. The van der Waals surface area contributed by atoms with Gasteiger partial charge in [0, 0.05) is 18.4 Å². The Morgan fingerprint density at radius 2 is 2.20 bits per heavy atom. The van der Waals surface area contributed by atoms with Crippen LogP contribution in [0.2, 0.25) is 0 Å². The molecule has 1 atom stereocenters. The van der Waals surface area contributed by atoms with E-state index in [1.165, 1.54) is 28.6 Å². The second-order valence-electron chi connectivity index (χ2n) is 6.30. The largest absolute Gasteiger partial charge is 0.465 e. The lowest BCUT2D eigenvalue weighted by Gasteiger charge is -2.14. The average Bonchev–Trinajstić information content (AvgIpc) is 3.18. The normalized spacial score (nSPS) is 20.0. The van der Waals surface area contributed by atoms with E-state index in [0.717, 1.165) is 29.5 Å². The van der Waals surface area contributed by atoms with Gasteiger partial charge < -0.3 is 9.47 Å². The van der Waals surface area contributed by atoms with Crippen LogP contribution in [0.1, 0.15) is 29.7 Å². The van der Waals surface area contributed by atoms with Crippen LogP contribution in [-0.2, 0) is 33.7 Å². The minimum Gasteiger partial charge on any atom is -0.465 e. The number of cyclic esters (lactones) is 1. The number of carbonyl (C=O) groups is 1. The molecule has 25 heavy (non-hydrogen) atoms. The third-order valence-corrected chi connectivity index (χ3v) is 7.11. The van der Waals surface area contributed by atoms with Crippen molar-refractivity contribution in [2.24, 2.45) is 0 Å². The van der Waals surface area contributed by atoms with Crippen molar-refractivity contribution in [1.82, 2.24) is 9.55 Å². The fourth-order valence-corrected chi connectivity index (χ4v) is 5.79. The van der Waals surface area contributed by atoms with E-state index in [1.807, 2.05) is 0 Å². The number of nitrogens with zero attached hydrogens (tertiary/aromatic N) is 2. The Morgan fingerprint density at radius 3 is 2.96 bits per heavy atom. The monoisotopic (exact) mass is 380 g/mol. The number of carbonyl (C=O) groups excluding carboxylic acids is 1. The standard InChI is InChI=1S/C17H20N2O4S2/c1-22-9-7-19-15(20)13-10-4-2-3-5-11(10)24-14(13)18-17(19)25-12-6-8-23-16(12)21/h12H,2-9H2,1H3/t12-/m0/s1. The number of aromatic nitrogens is 2. The van der Waals surface area contributed by atoms with E-state index in [0.29, 0.717) is 31.3 Å². The van der Waals surface area contributed by atoms with Gasteiger partial charge in [-0.3, -0.25) is 14.2 Å². The maximum absolute atomic E-state index is 13.2. The summed E-state index contributed by atoms with van der Waals surface area (Å²) < 4.78 is 11.9. The van der Waals surface area contributed by atoms with Gasteiger partial charge in [0.1, 0.15) is 10.1 Å². The number of methoxy groups -OCH3 is 1. The van der Waals surface area contributed by atoms with Gasteiger partial charge in [-0.05, 0) is 31.2 Å². The van der Waals surface area contributed by atoms with Crippen LogP contribution < -0.4 is 5.56 Å². The van der Waals surface area contributed by atoms with Gasteiger partial charge in [0.15, 0.2) is 5.16 Å². The Labute approximate surface area is 153 Å². The smallest absolute Gasteiger partial charge is 0.319 e. The number of hydrogen-bond donors (Lipinski definition) is 0. The number of thiophene rings is 1. The van der Waals surface area contributed by atoms with Crippen molar-refractivity contribution in [3.63, 3.8) is 0 Å². The van der Waals surface area contributed by atoms with Gasteiger partial charge in [0.2, 0.25) is 0 Å². The number of hydrogen-bond acceptors (Lipinski definition) is 7. The second-order valence-corrected chi connectivity index (χ2v) is 8.55. The van der Waals surface area contributed by atoms with Crippen LogP contribution in [0.25, 0.3) is 10.2 Å². The molecule has 0 radical (unpaired) electrons. The van der Waals surface area contributed by atoms with Crippen molar-refractivity contribution in [2.75, 3.05) is 20.3 Å². The topological polar surface area (TPSA) is 70.4 Å². The van der Waals surface area contributed by atoms with Gasteiger partial charge in [-0.1, -0.05) is 11.8 Å². The van der Waals surface area contributed by atoms with Crippen molar-refractivity contribution in [1.29, 1.82) is 0 Å². The van der Waals surface area contributed by atoms with Crippen LogP contribution in [0, 0.1) is 0 Å². The van der Waals surface area contributed by atoms with E-state index in [9.17, 15) is 9.59 Å². The number of thioether (sulfide) groups is 1. The van der Waals surface area contributed by atoms with Crippen molar-refractivity contribution in [3.05, 3.63) is 20.8 Å². The molecule has 0 bridgehead atoms. The van der Waals surface area contributed by atoms with Crippen LogP contribution >= 0.6 is 23.1 Å². The zero-order chi connectivity index (χ0) is 17.4. The van der Waals surface area contributed by atoms with Crippen LogP contribution in [0.4, 0.5) is 0 Å². The summed E-state index contributed by atoms with van der Waals surface area (Å²) in [4.78, 5) is 31.9. The Balaban J connectivity index is 1.82. The van der Waals surface area contributed by atoms with Gasteiger partial charge in [-0.15, -0.1) is 11.3 Å². The molecule has 0 unspecified atom stereocenters. The van der Waals surface area contributed by atoms with E-state index in [2.05, 4.69) is 0 Å². The molecular weight excluding hydrogens is 360 g/mol. The molecule has 2 aliphatic rings. The number of esters is 1. The molecule has 0 spiro atoms. The first-order valence-electron chi connectivity index (χ1n) is 8.56. The molecule has 0 saturated carbocycles. The highest BCUT2D eigenvalue weighted by Crippen LogP contribution is 2.36. The third-order valence-electron chi connectivity index (χ3n) is 4.69. The number of fused-ring (bicyclic) bond motifs is 3. The Morgan fingerprint density at radius 1 is 1.36 bits per heavy atom. The first kappa shape index (κ1) is 17.1. The predicted octanol–water partition coefficient (Wildman–Crippen LogP) is 2.39. The fourth-order valence-electron chi connectivity index (χ4n) is 3.40. The molecule has 1 aliphatic heterocycles. The number of ether oxygens (including phenoxy) is 2. The Kier molecular flexibility index (Phi) is 4.84. The second kappa shape index (κ2) is 7.09. The molecule has 0 aromatic carbocycles. The summed E-state index contributed by atoms with van der Waals surface area (Å²) >= 11 is 2.97. The van der Waals surface area contributed by atoms with Gasteiger partial charge >= 0.3 is 5.97 Å². The summed E-state index contributed by atoms with van der Waals surface area (Å²) in [6, 6.07) is 0. The first-order chi connectivity index (χ1) is 12.2. The van der Waals surface area contributed by atoms with E-state index < -0.39 is 0 Å². The molecule has 1 fully saturated rings. The summed E-state index contributed by atoms with van der Waals surface area (Å²) in [5.74, 6) is -0.219.